The molecule has 0 spiro atoms. The van der Waals surface area contributed by atoms with Crippen LogP contribution in [0.1, 0.15) is 13.8 Å². The van der Waals surface area contributed by atoms with Gasteiger partial charge in [-0.2, -0.15) is 13.2 Å². The third-order valence-electron chi connectivity index (χ3n) is 1.68. The van der Waals surface area contributed by atoms with Crippen LogP contribution in [0.15, 0.2) is 0 Å². The molecule has 0 bridgehead atoms. The summed E-state index contributed by atoms with van der Waals surface area (Å²) in [4.78, 5) is 21.9. The maximum absolute atomic E-state index is 11.7. The highest BCUT2D eigenvalue weighted by molar-refractivity contribution is 5.90. The Balaban J connectivity index is 3.97. The average molecular weight is 241 g/mol. The fourth-order valence-electron chi connectivity index (χ4n) is 0.772. The first kappa shape index (κ1) is 14.7. The summed E-state index contributed by atoms with van der Waals surface area (Å²) in [5.41, 5.74) is 3.68. The third-order valence-corrected chi connectivity index (χ3v) is 1.68. The predicted octanol–water partition coefficient (Wildman–Crippen LogP) is -0.482. The zero-order valence-electron chi connectivity index (χ0n) is 8.94. The monoisotopic (exact) mass is 241 g/mol. The van der Waals surface area contributed by atoms with Gasteiger partial charge in [-0.15, -0.1) is 0 Å². The second-order valence-corrected chi connectivity index (χ2v) is 3.76. The number of amides is 2. The van der Waals surface area contributed by atoms with Gasteiger partial charge in [-0.25, -0.2) is 0 Å². The van der Waals surface area contributed by atoms with Crippen molar-refractivity contribution >= 4 is 11.8 Å². The molecule has 0 rings (SSSR count). The zero-order chi connectivity index (χ0) is 13.0. The molecule has 16 heavy (non-hydrogen) atoms. The Morgan fingerprint density at radius 1 is 1.25 bits per heavy atom. The van der Waals surface area contributed by atoms with Crippen LogP contribution >= 0.6 is 0 Å². The van der Waals surface area contributed by atoms with Crippen molar-refractivity contribution in [1.82, 2.24) is 10.6 Å². The number of alkyl halides is 3. The lowest BCUT2D eigenvalue weighted by atomic mass is 10.1. The third kappa shape index (κ3) is 6.23. The van der Waals surface area contributed by atoms with Crippen molar-refractivity contribution in [2.24, 2.45) is 5.73 Å². The van der Waals surface area contributed by atoms with Crippen molar-refractivity contribution in [3.63, 3.8) is 0 Å². The smallest absolute Gasteiger partial charge is 0.368 e. The van der Waals surface area contributed by atoms with E-state index in [9.17, 15) is 22.8 Å². The Morgan fingerprint density at radius 3 is 2.12 bits per heavy atom. The van der Waals surface area contributed by atoms with Gasteiger partial charge >= 0.3 is 6.18 Å². The maximum Gasteiger partial charge on any atom is 0.401 e. The number of hydrogen-bond donors (Lipinski definition) is 3. The van der Waals surface area contributed by atoms with Gasteiger partial charge in [-0.3, -0.25) is 9.59 Å². The Hall–Kier alpha value is -1.31. The van der Waals surface area contributed by atoms with E-state index < -0.39 is 36.6 Å². The summed E-state index contributed by atoms with van der Waals surface area (Å²) >= 11 is 0. The van der Waals surface area contributed by atoms with E-state index in [-0.39, 0.29) is 0 Å². The summed E-state index contributed by atoms with van der Waals surface area (Å²) in [6, 6.07) is 0. The Kier molecular flexibility index (Phi) is 4.73. The summed E-state index contributed by atoms with van der Waals surface area (Å²) in [7, 11) is 0. The van der Waals surface area contributed by atoms with Crippen molar-refractivity contribution in [2.75, 3.05) is 13.1 Å². The second-order valence-electron chi connectivity index (χ2n) is 3.76. The van der Waals surface area contributed by atoms with Crippen molar-refractivity contribution in [3.8, 4) is 0 Å². The van der Waals surface area contributed by atoms with E-state index in [0.29, 0.717) is 0 Å². The lowest BCUT2D eigenvalue weighted by molar-refractivity contribution is -0.132. The number of nitrogens with one attached hydrogen (secondary N) is 2. The summed E-state index contributed by atoms with van der Waals surface area (Å²) in [6.45, 7) is 0.918. The largest absolute Gasteiger partial charge is 0.401 e. The average Bonchev–Trinajstić information content (AvgIpc) is 1.99. The van der Waals surface area contributed by atoms with Crippen molar-refractivity contribution in [3.05, 3.63) is 0 Å². The first-order valence-electron chi connectivity index (χ1n) is 4.43. The number of nitrogens with two attached hydrogens (primary N) is 1. The second kappa shape index (κ2) is 5.15. The number of carbonyl (C=O) groups is 2. The van der Waals surface area contributed by atoms with Crippen LogP contribution in [0.2, 0.25) is 0 Å². The van der Waals surface area contributed by atoms with Gasteiger partial charge in [-0.1, -0.05) is 0 Å². The van der Waals surface area contributed by atoms with Crippen LogP contribution < -0.4 is 16.4 Å². The Labute approximate surface area is 90.6 Å². The topological polar surface area (TPSA) is 84.2 Å². The van der Waals surface area contributed by atoms with E-state index >= 15 is 0 Å². The molecular formula is C8H14F3N3O2. The fraction of sp³-hybridized carbons (Fsp3) is 0.750. The molecule has 0 atom stereocenters. The van der Waals surface area contributed by atoms with E-state index in [2.05, 4.69) is 5.32 Å². The van der Waals surface area contributed by atoms with Gasteiger partial charge < -0.3 is 16.4 Å². The molecule has 0 fully saturated rings. The highest BCUT2D eigenvalue weighted by atomic mass is 19.4. The van der Waals surface area contributed by atoms with E-state index in [0.717, 1.165) is 0 Å². The van der Waals surface area contributed by atoms with Crippen LogP contribution in [-0.2, 0) is 9.59 Å². The summed E-state index contributed by atoms with van der Waals surface area (Å²) < 4.78 is 35.1. The number of rotatable bonds is 5. The molecule has 2 amide bonds. The minimum atomic E-state index is -4.38. The number of hydrogen-bond acceptors (Lipinski definition) is 3. The molecule has 0 aromatic rings. The van der Waals surface area contributed by atoms with E-state index in [4.69, 9.17) is 5.73 Å². The van der Waals surface area contributed by atoms with Gasteiger partial charge in [0.1, 0.15) is 5.54 Å². The molecule has 4 N–H and O–H groups in total. The van der Waals surface area contributed by atoms with Gasteiger partial charge in [0.05, 0.1) is 13.1 Å². The predicted molar refractivity (Wildman–Crippen MR) is 50.3 cm³/mol. The Bertz CT molecular complexity index is 276. The fourth-order valence-corrected chi connectivity index (χ4v) is 0.772. The molecule has 0 unspecified atom stereocenters. The van der Waals surface area contributed by atoms with Gasteiger partial charge in [0, 0.05) is 0 Å². The molecule has 8 heteroatoms. The van der Waals surface area contributed by atoms with Crippen molar-refractivity contribution in [2.45, 2.75) is 25.6 Å². The van der Waals surface area contributed by atoms with E-state index in [1.54, 1.807) is 0 Å². The zero-order valence-corrected chi connectivity index (χ0v) is 8.94. The van der Waals surface area contributed by atoms with Crippen molar-refractivity contribution in [1.29, 1.82) is 0 Å². The number of halogens is 3. The first-order chi connectivity index (χ1) is 7.04. The van der Waals surface area contributed by atoms with Crippen LogP contribution in [0.4, 0.5) is 13.2 Å². The SMILES string of the molecule is CC(C)(NC(=O)CNCC(F)(F)F)C(N)=O. The molecule has 0 saturated heterocycles. The molecule has 0 aliphatic heterocycles. The van der Waals surface area contributed by atoms with Crippen LogP contribution in [-0.4, -0.2) is 36.6 Å². The van der Waals surface area contributed by atoms with Gasteiger partial charge in [-0.05, 0) is 13.8 Å². The lowest BCUT2D eigenvalue weighted by Crippen LogP contribution is -2.55. The molecule has 0 radical (unpaired) electrons. The number of carbonyl (C=O) groups excluding carboxylic acids is 2. The lowest BCUT2D eigenvalue weighted by Gasteiger charge is -2.22. The highest BCUT2D eigenvalue weighted by Gasteiger charge is 2.29. The van der Waals surface area contributed by atoms with Crippen molar-refractivity contribution < 1.29 is 22.8 Å². The molecule has 0 saturated carbocycles. The summed E-state index contributed by atoms with van der Waals surface area (Å²) in [5, 5.41) is 4.10. The summed E-state index contributed by atoms with van der Waals surface area (Å²) in [6.07, 6.45) is -4.38. The maximum atomic E-state index is 11.7. The van der Waals surface area contributed by atoms with E-state index in [1.165, 1.54) is 13.8 Å². The molecule has 0 aliphatic rings. The molecule has 94 valence electrons. The van der Waals surface area contributed by atoms with Crippen LogP contribution in [0.5, 0.6) is 0 Å². The highest BCUT2D eigenvalue weighted by Crippen LogP contribution is 2.11. The number of primary amides is 1. The quantitative estimate of drug-likeness (QED) is 0.607. The minimum Gasteiger partial charge on any atom is -0.368 e. The first-order valence-corrected chi connectivity index (χ1v) is 4.43. The van der Waals surface area contributed by atoms with Gasteiger partial charge in [0.2, 0.25) is 11.8 Å². The molecule has 5 nitrogen and oxygen atoms in total. The summed E-state index contributed by atoms with van der Waals surface area (Å²) in [5.74, 6) is -1.50. The molecule has 0 aromatic carbocycles. The van der Waals surface area contributed by atoms with E-state index in [1.807, 2.05) is 5.32 Å². The van der Waals surface area contributed by atoms with Crippen LogP contribution in [0, 0.1) is 0 Å². The van der Waals surface area contributed by atoms with Crippen LogP contribution in [0.3, 0.4) is 0 Å². The molecule has 0 aromatic heterocycles. The minimum absolute atomic E-state index is 0.532. The molecule has 0 heterocycles. The Morgan fingerprint density at radius 2 is 1.75 bits per heavy atom. The molecular weight excluding hydrogens is 227 g/mol. The standard InChI is InChI=1S/C8H14F3N3O2/c1-7(2,6(12)16)14-5(15)3-13-4-8(9,10)11/h13H,3-4H2,1-2H3,(H2,12,16)(H,14,15). The van der Waals surface area contributed by atoms with Crippen LogP contribution in [0.25, 0.3) is 0 Å². The van der Waals surface area contributed by atoms with Gasteiger partial charge in [0.15, 0.2) is 0 Å². The van der Waals surface area contributed by atoms with Gasteiger partial charge in [0.25, 0.3) is 0 Å². The molecule has 0 aliphatic carbocycles. The normalized spacial score (nSPS) is 12.3.